The fraction of sp³-hybridized carbons (Fsp3) is 0.643. The molecule has 1 aromatic rings. The maximum atomic E-state index is 11.9. The van der Waals surface area contributed by atoms with Crippen LogP contribution in [0.15, 0.2) is 6.20 Å². The number of hydrogen-bond donors (Lipinski definition) is 0. The number of ketones is 1. The quantitative estimate of drug-likeness (QED) is 0.772. The molecule has 2 rings (SSSR count). The second-order valence-corrected chi connectivity index (χ2v) is 4.97. The summed E-state index contributed by atoms with van der Waals surface area (Å²) in [5.74, 6) is 0.852. The van der Waals surface area contributed by atoms with E-state index in [1.807, 2.05) is 13.8 Å². The number of aromatic nitrogens is 2. The summed E-state index contributed by atoms with van der Waals surface area (Å²) in [6, 6.07) is 0. The van der Waals surface area contributed by atoms with Crippen molar-refractivity contribution >= 4 is 5.78 Å². The Balaban J connectivity index is 2.43. The lowest BCUT2D eigenvalue weighted by Gasteiger charge is -2.25. The fourth-order valence-corrected chi connectivity index (χ4v) is 2.20. The number of carbonyl (C=O) groups excluding carboxylic acids is 1. The molecule has 0 fully saturated rings. The minimum atomic E-state index is -0.468. The molecule has 0 radical (unpaired) electrons. The Morgan fingerprint density at radius 2 is 2.11 bits per heavy atom. The minimum Gasteiger partial charge on any atom is -0.371 e. The summed E-state index contributed by atoms with van der Waals surface area (Å²) in [6.07, 6.45) is 5.92. The third kappa shape index (κ3) is 2.29. The number of fused-ring (bicyclic) bond motifs is 1. The second kappa shape index (κ2) is 5.14. The van der Waals surface area contributed by atoms with Crippen LogP contribution in [0.1, 0.15) is 61.4 Å². The van der Waals surface area contributed by atoms with Gasteiger partial charge in [-0.3, -0.25) is 4.79 Å². The van der Waals surface area contributed by atoms with E-state index in [9.17, 15) is 4.79 Å². The van der Waals surface area contributed by atoms with Gasteiger partial charge in [0.1, 0.15) is 5.60 Å². The van der Waals surface area contributed by atoms with Gasteiger partial charge in [-0.25, -0.2) is 9.97 Å². The van der Waals surface area contributed by atoms with Crippen LogP contribution in [0.2, 0.25) is 0 Å². The van der Waals surface area contributed by atoms with E-state index in [1.54, 1.807) is 13.3 Å². The van der Waals surface area contributed by atoms with Crippen LogP contribution in [-0.4, -0.2) is 22.9 Å². The molecule has 0 N–H and O–H groups in total. The third-order valence-electron chi connectivity index (χ3n) is 3.83. The number of rotatable bonds is 3. The van der Waals surface area contributed by atoms with Crippen LogP contribution in [-0.2, 0) is 16.8 Å². The van der Waals surface area contributed by atoms with E-state index in [0.29, 0.717) is 17.8 Å². The average Bonchev–Trinajstić information content (AvgIpc) is 2.59. The van der Waals surface area contributed by atoms with Crippen molar-refractivity contribution in [3.05, 3.63) is 23.3 Å². The monoisotopic (exact) mass is 248 g/mol. The predicted octanol–water partition coefficient (Wildman–Crippen LogP) is 2.66. The first-order valence-corrected chi connectivity index (χ1v) is 6.55. The first-order valence-electron chi connectivity index (χ1n) is 6.55. The van der Waals surface area contributed by atoms with Crippen LogP contribution >= 0.6 is 0 Å². The zero-order valence-corrected chi connectivity index (χ0v) is 11.3. The second-order valence-electron chi connectivity index (χ2n) is 4.97. The molecule has 1 aliphatic rings. The molecule has 1 aliphatic carbocycles. The zero-order valence-electron chi connectivity index (χ0n) is 11.3. The Kier molecular flexibility index (Phi) is 3.76. The Bertz CT molecular complexity index is 453. The van der Waals surface area contributed by atoms with Gasteiger partial charge in [0.15, 0.2) is 11.6 Å². The number of hydrogen-bond acceptors (Lipinski definition) is 4. The standard InChI is InChI=1S/C14H20N2O2/c1-4-14(2,18-3)13-15-9-10-11(16-13)7-5-6-8-12(10)17/h9H,4-8H2,1-3H3. The van der Waals surface area contributed by atoms with Gasteiger partial charge in [0, 0.05) is 19.7 Å². The lowest BCUT2D eigenvalue weighted by atomic mass is 10.0. The lowest BCUT2D eigenvalue weighted by Crippen LogP contribution is -2.27. The normalized spacial score (nSPS) is 18.9. The van der Waals surface area contributed by atoms with Gasteiger partial charge in [-0.05, 0) is 32.6 Å². The van der Waals surface area contributed by atoms with Crippen molar-refractivity contribution in [1.82, 2.24) is 9.97 Å². The summed E-state index contributed by atoms with van der Waals surface area (Å²) in [5.41, 5.74) is 1.12. The molecule has 4 nitrogen and oxygen atoms in total. The first-order chi connectivity index (χ1) is 8.60. The van der Waals surface area contributed by atoms with E-state index in [-0.39, 0.29) is 5.78 Å². The average molecular weight is 248 g/mol. The van der Waals surface area contributed by atoms with E-state index in [4.69, 9.17) is 4.74 Å². The summed E-state index contributed by atoms with van der Waals surface area (Å²) in [5, 5.41) is 0. The molecule has 0 bridgehead atoms. The molecule has 98 valence electrons. The van der Waals surface area contributed by atoms with Crippen molar-refractivity contribution in [3.63, 3.8) is 0 Å². The number of Topliss-reactive ketones (excluding diaryl/α,β-unsaturated/α-hetero) is 1. The summed E-state index contributed by atoms with van der Waals surface area (Å²) in [4.78, 5) is 20.8. The molecule has 1 heterocycles. The van der Waals surface area contributed by atoms with Gasteiger partial charge in [-0.1, -0.05) is 6.92 Å². The highest BCUT2D eigenvalue weighted by Crippen LogP contribution is 2.27. The number of ether oxygens (including phenoxy) is 1. The molecule has 0 spiro atoms. The van der Waals surface area contributed by atoms with Crippen molar-refractivity contribution < 1.29 is 9.53 Å². The molecular formula is C14H20N2O2. The minimum absolute atomic E-state index is 0.171. The summed E-state index contributed by atoms with van der Waals surface area (Å²) < 4.78 is 5.51. The molecule has 1 unspecified atom stereocenters. The molecule has 0 saturated heterocycles. The van der Waals surface area contributed by atoms with Crippen LogP contribution in [0.25, 0.3) is 0 Å². The molecule has 18 heavy (non-hydrogen) atoms. The number of carbonyl (C=O) groups is 1. The van der Waals surface area contributed by atoms with E-state index >= 15 is 0 Å². The smallest absolute Gasteiger partial charge is 0.166 e. The Morgan fingerprint density at radius 1 is 1.39 bits per heavy atom. The third-order valence-corrected chi connectivity index (χ3v) is 3.83. The Morgan fingerprint density at radius 3 is 2.78 bits per heavy atom. The number of aryl methyl sites for hydroxylation is 1. The highest BCUT2D eigenvalue weighted by molar-refractivity contribution is 5.97. The molecule has 0 saturated carbocycles. The van der Waals surface area contributed by atoms with Crippen LogP contribution in [0.3, 0.4) is 0 Å². The largest absolute Gasteiger partial charge is 0.371 e. The van der Waals surface area contributed by atoms with Crippen LogP contribution in [0.5, 0.6) is 0 Å². The summed E-state index contributed by atoms with van der Waals surface area (Å²) in [7, 11) is 1.67. The van der Waals surface area contributed by atoms with Crippen molar-refractivity contribution in [3.8, 4) is 0 Å². The maximum absolute atomic E-state index is 11.9. The van der Waals surface area contributed by atoms with Gasteiger partial charge in [-0.15, -0.1) is 0 Å². The molecule has 4 heteroatoms. The number of nitrogens with zero attached hydrogens (tertiary/aromatic N) is 2. The van der Waals surface area contributed by atoms with Crippen molar-refractivity contribution in [2.24, 2.45) is 0 Å². The van der Waals surface area contributed by atoms with Gasteiger partial charge in [-0.2, -0.15) is 0 Å². The Labute approximate surface area is 108 Å². The fourth-order valence-electron chi connectivity index (χ4n) is 2.20. The van der Waals surface area contributed by atoms with Gasteiger partial charge < -0.3 is 4.74 Å². The molecule has 1 aromatic heterocycles. The predicted molar refractivity (Wildman–Crippen MR) is 68.6 cm³/mol. The molecule has 0 aliphatic heterocycles. The first kappa shape index (κ1) is 13.1. The van der Waals surface area contributed by atoms with E-state index in [2.05, 4.69) is 9.97 Å². The zero-order chi connectivity index (χ0) is 13.2. The Hall–Kier alpha value is -1.29. The van der Waals surface area contributed by atoms with Gasteiger partial charge in [0.2, 0.25) is 0 Å². The van der Waals surface area contributed by atoms with Gasteiger partial charge in [0.25, 0.3) is 0 Å². The van der Waals surface area contributed by atoms with Crippen molar-refractivity contribution in [1.29, 1.82) is 0 Å². The van der Waals surface area contributed by atoms with Crippen molar-refractivity contribution in [2.45, 2.75) is 51.6 Å². The number of methoxy groups -OCH3 is 1. The summed E-state index contributed by atoms with van der Waals surface area (Å²) >= 11 is 0. The lowest BCUT2D eigenvalue weighted by molar-refractivity contribution is -0.00919. The highest BCUT2D eigenvalue weighted by atomic mass is 16.5. The van der Waals surface area contributed by atoms with Gasteiger partial charge in [0.05, 0.1) is 11.3 Å². The molecule has 0 aromatic carbocycles. The van der Waals surface area contributed by atoms with Gasteiger partial charge >= 0.3 is 0 Å². The molecule has 1 atom stereocenters. The molecular weight excluding hydrogens is 228 g/mol. The topological polar surface area (TPSA) is 52.1 Å². The van der Waals surface area contributed by atoms with Crippen LogP contribution < -0.4 is 0 Å². The highest BCUT2D eigenvalue weighted by Gasteiger charge is 2.29. The van der Waals surface area contributed by atoms with Crippen LogP contribution in [0.4, 0.5) is 0 Å². The summed E-state index contributed by atoms with van der Waals surface area (Å²) in [6.45, 7) is 4.02. The van der Waals surface area contributed by atoms with E-state index < -0.39 is 5.60 Å². The van der Waals surface area contributed by atoms with E-state index in [1.165, 1.54) is 0 Å². The maximum Gasteiger partial charge on any atom is 0.166 e. The van der Waals surface area contributed by atoms with Crippen molar-refractivity contribution in [2.75, 3.05) is 7.11 Å². The van der Waals surface area contributed by atoms with Crippen LogP contribution in [0, 0.1) is 0 Å². The van der Waals surface area contributed by atoms with E-state index in [0.717, 1.165) is 31.4 Å². The molecule has 0 amide bonds. The SMILES string of the molecule is CCC(C)(OC)c1ncc2c(n1)CCCCC2=O.